The second-order valence-corrected chi connectivity index (χ2v) is 6.54. The van der Waals surface area contributed by atoms with Gasteiger partial charge in [0.05, 0.1) is 5.70 Å². The zero-order valence-corrected chi connectivity index (χ0v) is 15.0. The molecule has 0 unspecified atom stereocenters. The molecule has 0 aromatic heterocycles. The van der Waals surface area contributed by atoms with E-state index in [1.807, 2.05) is 26.8 Å². The number of ether oxygens (including phenoxy) is 1. The molecule has 21 heavy (non-hydrogen) atoms. The average molecular weight is 311 g/mol. The number of nitrogens with zero attached hydrogens (tertiary/aromatic N) is 1. The zero-order valence-electron chi connectivity index (χ0n) is 14.1. The van der Waals surface area contributed by atoms with Crippen molar-refractivity contribution >= 4 is 24.8 Å². The minimum absolute atomic E-state index is 0.139. The van der Waals surface area contributed by atoms with Crippen LogP contribution in [-0.2, 0) is 9.53 Å². The number of hydrogen-bond acceptors (Lipinski definition) is 4. The molecule has 0 aliphatic heterocycles. The summed E-state index contributed by atoms with van der Waals surface area (Å²) in [6.07, 6.45) is 5.44. The standard InChI is InChI=1S/C17H29NO2S/c1-7-15(13(3)11-14(12-21)18-8-2)20-16(19)9-10-17(4,5)6/h8,11-12,15,21H,7,9-10H2,1-6H3/b13-11+,14-12-,18-8?/t15-/m0/s1. The smallest absolute Gasteiger partial charge is 0.306 e. The number of rotatable bonds is 7. The van der Waals surface area contributed by atoms with E-state index in [1.165, 1.54) is 0 Å². The molecule has 0 rings (SSSR count). The van der Waals surface area contributed by atoms with Gasteiger partial charge in [0.1, 0.15) is 6.10 Å². The highest BCUT2D eigenvalue weighted by atomic mass is 32.1. The summed E-state index contributed by atoms with van der Waals surface area (Å²) in [7, 11) is 0. The van der Waals surface area contributed by atoms with E-state index in [4.69, 9.17) is 4.74 Å². The van der Waals surface area contributed by atoms with Crippen LogP contribution in [0.1, 0.15) is 60.8 Å². The van der Waals surface area contributed by atoms with E-state index < -0.39 is 0 Å². The Hall–Kier alpha value is -1.03. The molecule has 0 amide bonds. The Balaban J connectivity index is 4.70. The fourth-order valence-electron chi connectivity index (χ4n) is 1.78. The van der Waals surface area contributed by atoms with Gasteiger partial charge >= 0.3 is 5.97 Å². The predicted molar refractivity (Wildman–Crippen MR) is 93.9 cm³/mol. The molecule has 4 heteroatoms. The molecule has 120 valence electrons. The van der Waals surface area contributed by atoms with E-state index in [1.54, 1.807) is 11.6 Å². The third-order valence-electron chi connectivity index (χ3n) is 3.02. The molecule has 0 radical (unpaired) electrons. The van der Waals surface area contributed by atoms with Crippen LogP contribution in [0.25, 0.3) is 0 Å². The highest BCUT2D eigenvalue weighted by molar-refractivity contribution is 7.83. The van der Waals surface area contributed by atoms with Crippen molar-refractivity contribution in [2.75, 3.05) is 0 Å². The summed E-state index contributed by atoms with van der Waals surface area (Å²) in [5.74, 6) is -0.139. The van der Waals surface area contributed by atoms with E-state index in [0.29, 0.717) is 6.42 Å². The molecule has 0 fully saturated rings. The number of thiol groups is 1. The van der Waals surface area contributed by atoms with Crippen LogP contribution in [0.15, 0.2) is 27.7 Å². The van der Waals surface area contributed by atoms with Crippen LogP contribution < -0.4 is 0 Å². The maximum atomic E-state index is 11.9. The van der Waals surface area contributed by atoms with Gasteiger partial charge in [-0.05, 0) is 49.2 Å². The molecule has 3 nitrogen and oxygen atoms in total. The lowest BCUT2D eigenvalue weighted by Gasteiger charge is -2.20. The molecule has 0 aromatic rings. The fraction of sp³-hybridized carbons (Fsp3) is 0.647. The van der Waals surface area contributed by atoms with Crippen LogP contribution in [-0.4, -0.2) is 18.3 Å². The molecule has 0 heterocycles. The minimum atomic E-state index is -0.201. The summed E-state index contributed by atoms with van der Waals surface area (Å²) in [5.41, 5.74) is 1.87. The van der Waals surface area contributed by atoms with Gasteiger partial charge in [0.15, 0.2) is 0 Å². The highest BCUT2D eigenvalue weighted by Crippen LogP contribution is 2.22. The van der Waals surface area contributed by atoms with Gasteiger partial charge < -0.3 is 4.74 Å². The third kappa shape index (κ3) is 9.51. The SMILES string of the molecule is CC=NC(=C\S)/C=C(\C)[C@H](CC)OC(=O)CCC(C)(C)C. The second-order valence-electron chi connectivity index (χ2n) is 6.28. The highest BCUT2D eigenvalue weighted by Gasteiger charge is 2.18. The lowest BCUT2D eigenvalue weighted by molar-refractivity contribution is -0.148. The quantitative estimate of drug-likeness (QED) is 0.313. The molecule has 0 aromatic carbocycles. The average Bonchev–Trinajstić information content (AvgIpc) is 2.40. The second kappa shape index (κ2) is 9.82. The van der Waals surface area contributed by atoms with Crippen molar-refractivity contribution in [3.8, 4) is 0 Å². The van der Waals surface area contributed by atoms with Crippen LogP contribution in [0.3, 0.4) is 0 Å². The van der Waals surface area contributed by atoms with Crippen LogP contribution in [0.4, 0.5) is 0 Å². The lowest BCUT2D eigenvalue weighted by Crippen LogP contribution is -2.20. The van der Waals surface area contributed by atoms with Crippen LogP contribution in [0.5, 0.6) is 0 Å². The van der Waals surface area contributed by atoms with E-state index >= 15 is 0 Å². The molecule has 0 saturated carbocycles. The molecular formula is C17H29NO2S. The van der Waals surface area contributed by atoms with E-state index in [-0.39, 0.29) is 17.5 Å². The van der Waals surface area contributed by atoms with Gasteiger partial charge in [-0.15, -0.1) is 12.6 Å². The molecule has 1 atom stereocenters. The molecule has 0 N–H and O–H groups in total. The molecule has 0 bridgehead atoms. The van der Waals surface area contributed by atoms with Crippen molar-refractivity contribution < 1.29 is 9.53 Å². The Morgan fingerprint density at radius 1 is 1.38 bits per heavy atom. The number of esters is 1. The zero-order chi connectivity index (χ0) is 16.5. The number of allylic oxidation sites excluding steroid dienone is 1. The lowest BCUT2D eigenvalue weighted by atomic mass is 9.91. The summed E-state index contributed by atoms with van der Waals surface area (Å²) >= 11 is 4.13. The number of hydrogen-bond donors (Lipinski definition) is 1. The van der Waals surface area contributed by atoms with Gasteiger partial charge in [-0.2, -0.15) is 0 Å². The van der Waals surface area contributed by atoms with E-state index in [2.05, 4.69) is 38.4 Å². The van der Waals surface area contributed by atoms with Crippen LogP contribution in [0.2, 0.25) is 0 Å². The van der Waals surface area contributed by atoms with Crippen molar-refractivity contribution in [3.05, 3.63) is 22.8 Å². The maximum Gasteiger partial charge on any atom is 0.306 e. The first kappa shape index (κ1) is 20.0. The molecular weight excluding hydrogens is 282 g/mol. The van der Waals surface area contributed by atoms with Crippen LogP contribution in [0, 0.1) is 5.41 Å². The summed E-state index contributed by atoms with van der Waals surface area (Å²) < 4.78 is 5.57. The molecule has 0 saturated heterocycles. The number of carbonyl (C=O) groups excluding carboxylic acids is 1. The van der Waals surface area contributed by atoms with Crippen LogP contribution >= 0.6 is 12.6 Å². The largest absolute Gasteiger partial charge is 0.458 e. The van der Waals surface area contributed by atoms with Gasteiger partial charge in [0, 0.05) is 12.6 Å². The predicted octanol–water partition coefficient (Wildman–Crippen LogP) is 4.94. The first-order valence-electron chi connectivity index (χ1n) is 7.44. The van der Waals surface area contributed by atoms with Crippen molar-refractivity contribution in [3.63, 3.8) is 0 Å². The van der Waals surface area contributed by atoms with Gasteiger partial charge in [-0.1, -0.05) is 27.7 Å². The molecule has 0 aliphatic carbocycles. The Morgan fingerprint density at radius 2 is 2.00 bits per heavy atom. The maximum absolute atomic E-state index is 11.9. The van der Waals surface area contributed by atoms with E-state index in [9.17, 15) is 4.79 Å². The first-order chi connectivity index (χ1) is 9.73. The Labute approximate surface area is 135 Å². The van der Waals surface area contributed by atoms with Gasteiger partial charge in [-0.3, -0.25) is 9.79 Å². The molecule has 0 aliphatic rings. The summed E-state index contributed by atoms with van der Waals surface area (Å²) in [6.45, 7) is 12.2. The van der Waals surface area contributed by atoms with Gasteiger partial charge in [0.25, 0.3) is 0 Å². The monoisotopic (exact) mass is 311 g/mol. The summed E-state index contributed by atoms with van der Waals surface area (Å²) in [6, 6.07) is 0. The Bertz CT molecular complexity index is 417. The van der Waals surface area contributed by atoms with Gasteiger partial charge in [-0.25, -0.2) is 0 Å². The topological polar surface area (TPSA) is 38.7 Å². The normalized spacial score (nSPS) is 15.4. The Kier molecular flexibility index (Phi) is 9.34. The number of carbonyl (C=O) groups is 1. The minimum Gasteiger partial charge on any atom is -0.458 e. The van der Waals surface area contributed by atoms with Gasteiger partial charge in [0.2, 0.25) is 0 Å². The first-order valence-corrected chi connectivity index (χ1v) is 7.95. The van der Waals surface area contributed by atoms with Crippen molar-refractivity contribution in [1.82, 2.24) is 0 Å². The Morgan fingerprint density at radius 3 is 2.43 bits per heavy atom. The molecule has 0 spiro atoms. The van der Waals surface area contributed by atoms with E-state index in [0.717, 1.165) is 24.1 Å². The van der Waals surface area contributed by atoms with Crippen molar-refractivity contribution in [2.45, 2.75) is 66.9 Å². The number of aliphatic imine (C=N–C) groups is 1. The summed E-state index contributed by atoms with van der Waals surface area (Å²) in [5, 5.41) is 1.64. The van der Waals surface area contributed by atoms with Crippen molar-refractivity contribution in [2.24, 2.45) is 10.4 Å². The fourth-order valence-corrected chi connectivity index (χ4v) is 1.92. The summed E-state index contributed by atoms with van der Waals surface area (Å²) in [4.78, 5) is 16.1. The third-order valence-corrected chi connectivity index (χ3v) is 3.28. The van der Waals surface area contributed by atoms with Crippen molar-refractivity contribution in [1.29, 1.82) is 0 Å².